The normalized spacial score (nSPS) is 17.6. The number of carbonyl (C=O) groups excluding carboxylic acids is 2. The highest BCUT2D eigenvalue weighted by Crippen LogP contribution is 2.42. The smallest absolute Gasteiger partial charge is 0.254 e. The Balaban J connectivity index is 1.75. The lowest BCUT2D eigenvalue weighted by molar-refractivity contribution is -0.119. The van der Waals surface area contributed by atoms with E-state index in [1.54, 1.807) is 56.5 Å². The van der Waals surface area contributed by atoms with E-state index in [0.717, 1.165) is 11.1 Å². The molecule has 1 N–H and O–H groups in total. The summed E-state index contributed by atoms with van der Waals surface area (Å²) in [6, 6.07) is 21.5. The first-order chi connectivity index (χ1) is 15.0. The zero-order valence-corrected chi connectivity index (χ0v) is 17.7. The number of anilines is 1. The van der Waals surface area contributed by atoms with E-state index in [2.05, 4.69) is 5.32 Å². The Morgan fingerprint density at radius 1 is 0.871 bits per heavy atom. The van der Waals surface area contributed by atoms with E-state index in [-0.39, 0.29) is 11.8 Å². The molecule has 0 aliphatic carbocycles. The van der Waals surface area contributed by atoms with Crippen molar-refractivity contribution < 1.29 is 19.1 Å². The molecular formula is C25H24N2O4. The molecule has 31 heavy (non-hydrogen) atoms. The van der Waals surface area contributed by atoms with Crippen LogP contribution in [-0.4, -0.2) is 38.0 Å². The fourth-order valence-corrected chi connectivity index (χ4v) is 4.07. The van der Waals surface area contributed by atoms with Gasteiger partial charge in [-0.3, -0.25) is 9.59 Å². The monoisotopic (exact) mass is 416 g/mol. The van der Waals surface area contributed by atoms with Crippen LogP contribution >= 0.6 is 0 Å². The maximum absolute atomic E-state index is 13.5. The predicted octanol–water partition coefficient (Wildman–Crippen LogP) is 4.25. The first-order valence-electron chi connectivity index (χ1n) is 9.98. The molecule has 0 spiro atoms. The summed E-state index contributed by atoms with van der Waals surface area (Å²) in [4.78, 5) is 28.3. The van der Waals surface area contributed by atoms with Gasteiger partial charge in [0.15, 0.2) is 0 Å². The van der Waals surface area contributed by atoms with Gasteiger partial charge in [0.05, 0.1) is 26.2 Å². The van der Waals surface area contributed by atoms with Crippen LogP contribution in [-0.2, 0) is 4.79 Å². The standard InChI is InChI=1S/C25H24N2O4/c1-27-23(16-8-12-18(30-2)13-9-16)22(20-6-4-5-7-21(20)25(27)29)24(28)26-17-10-14-19(31-3)15-11-17/h4-15,22-23H,1-3H3,(H,26,28)/t22-,23+/m0/s1. The van der Waals surface area contributed by atoms with Crippen LogP contribution < -0.4 is 14.8 Å². The minimum Gasteiger partial charge on any atom is -0.497 e. The number of carbonyl (C=O) groups is 2. The molecule has 2 atom stereocenters. The van der Waals surface area contributed by atoms with E-state index in [1.807, 2.05) is 42.5 Å². The molecule has 6 nitrogen and oxygen atoms in total. The number of rotatable bonds is 5. The molecule has 0 saturated carbocycles. The minimum atomic E-state index is -0.575. The van der Waals surface area contributed by atoms with Gasteiger partial charge in [0.1, 0.15) is 11.5 Å². The van der Waals surface area contributed by atoms with Crippen molar-refractivity contribution in [2.75, 3.05) is 26.6 Å². The first-order valence-corrected chi connectivity index (χ1v) is 9.98. The number of methoxy groups -OCH3 is 2. The van der Waals surface area contributed by atoms with Gasteiger partial charge in [-0.1, -0.05) is 30.3 Å². The average molecular weight is 416 g/mol. The second-order valence-corrected chi connectivity index (χ2v) is 7.42. The van der Waals surface area contributed by atoms with Crippen molar-refractivity contribution in [3.8, 4) is 11.5 Å². The highest BCUT2D eigenvalue weighted by atomic mass is 16.5. The number of likely N-dealkylation sites (N-methyl/N-ethyl adjacent to an activating group) is 1. The summed E-state index contributed by atoms with van der Waals surface area (Å²) in [6.07, 6.45) is 0. The van der Waals surface area contributed by atoms with Crippen molar-refractivity contribution in [1.82, 2.24) is 4.90 Å². The molecule has 0 fully saturated rings. The molecule has 158 valence electrons. The van der Waals surface area contributed by atoms with Crippen molar-refractivity contribution >= 4 is 17.5 Å². The van der Waals surface area contributed by atoms with Gasteiger partial charge in [-0.25, -0.2) is 0 Å². The van der Waals surface area contributed by atoms with Gasteiger partial charge < -0.3 is 19.7 Å². The highest BCUT2D eigenvalue weighted by molar-refractivity contribution is 6.04. The Kier molecular flexibility index (Phi) is 5.62. The summed E-state index contributed by atoms with van der Waals surface area (Å²) in [6.45, 7) is 0. The molecule has 1 aliphatic heterocycles. The molecule has 6 heteroatoms. The number of fused-ring (bicyclic) bond motifs is 1. The van der Waals surface area contributed by atoms with E-state index in [9.17, 15) is 9.59 Å². The van der Waals surface area contributed by atoms with Gasteiger partial charge in [0.25, 0.3) is 5.91 Å². The van der Waals surface area contributed by atoms with Crippen LogP contribution in [0.4, 0.5) is 5.69 Å². The highest BCUT2D eigenvalue weighted by Gasteiger charge is 2.42. The Morgan fingerprint density at radius 2 is 1.45 bits per heavy atom. The van der Waals surface area contributed by atoms with Crippen LogP contribution in [0.3, 0.4) is 0 Å². The maximum atomic E-state index is 13.5. The van der Waals surface area contributed by atoms with E-state index < -0.39 is 12.0 Å². The first kappa shape index (κ1) is 20.5. The summed E-state index contributed by atoms with van der Waals surface area (Å²) in [5, 5.41) is 3.00. The van der Waals surface area contributed by atoms with Crippen LogP contribution in [0.2, 0.25) is 0 Å². The third kappa shape index (κ3) is 3.84. The Bertz CT molecular complexity index is 1090. The van der Waals surface area contributed by atoms with Crippen molar-refractivity contribution in [1.29, 1.82) is 0 Å². The zero-order valence-electron chi connectivity index (χ0n) is 17.7. The van der Waals surface area contributed by atoms with Crippen LogP contribution in [0.5, 0.6) is 11.5 Å². The minimum absolute atomic E-state index is 0.107. The summed E-state index contributed by atoms with van der Waals surface area (Å²) in [5.74, 6) is 0.563. The quantitative estimate of drug-likeness (QED) is 0.675. The molecule has 3 aromatic rings. The number of ether oxygens (including phenoxy) is 2. The van der Waals surface area contributed by atoms with E-state index in [1.165, 1.54) is 0 Å². The fourth-order valence-electron chi connectivity index (χ4n) is 4.07. The topological polar surface area (TPSA) is 67.9 Å². The molecule has 4 rings (SSSR count). The van der Waals surface area contributed by atoms with Crippen molar-refractivity contribution in [2.24, 2.45) is 0 Å². The number of hydrogen-bond acceptors (Lipinski definition) is 4. The van der Waals surface area contributed by atoms with Gasteiger partial charge >= 0.3 is 0 Å². The van der Waals surface area contributed by atoms with Gasteiger partial charge in [-0.2, -0.15) is 0 Å². The third-order valence-electron chi connectivity index (χ3n) is 5.68. The Morgan fingerprint density at radius 3 is 2.06 bits per heavy atom. The van der Waals surface area contributed by atoms with E-state index in [4.69, 9.17) is 9.47 Å². The van der Waals surface area contributed by atoms with Crippen molar-refractivity contribution in [3.63, 3.8) is 0 Å². The fraction of sp³-hybridized carbons (Fsp3) is 0.200. The van der Waals surface area contributed by atoms with Gasteiger partial charge in [0, 0.05) is 18.3 Å². The predicted molar refractivity (Wildman–Crippen MR) is 119 cm³/mol. The Hall–Kier alpha value is -3.80. The molecule has 0 radical (unpaired) electrons. The lowest BCUT2D eigenvalue weighted by Crippen LogP contribution is -2.44. The zero-order chi connectivity index (χ0) is 22.0. The molecule has 2 amide bonds. The van der Waals surface area contributed by atoms with E-state index in [0.29, 0.717) is 22.7 Å². The summed E-state index contributed by atoms with van der Waals surface area (Å²) in [7, 11) is 4.94. The van der Waals surface area contributed by atoms with Crippen molar-refractivity contribution in [2.45, 2.75) is 12.0 Å². The molecule has 1 heterocycles. The SMILES string of the molecule is COc1ccc(NC(=O)[C@H]2c3ccccc3C(=O)N(C)[C@@H]2c2ccc(OC)cc2)cc1. The number of amides is 2. The average Bonchev–Trinajstić information content (AvgIpc) is 2.81. The van der Waals surface area contributed by atoms with E-state index >= 15 is 0 Å². The van der Waals surface area contributed by atoms with Gasteiger partial charge in [-0.15, -0.1) is 0 Å². The molecule has 0 aromatic heterocycles. The van der Waals surface area contributed by atoms with Gasteiger partial charge in [0.2, 0.25) is 5.91 Å². The number of hydrogen-bond donors (Lipinski definition) is 1. The summed E-state index contributed by atoms with van der Waals surface area (Å²) < 4.78 is 10.5. The molecule has 1 aliphatic rings. The van der Waals surface area contributed by atoms with Crippen LogP contribution in [0.25, 0.3) is 0 Å². The second kappa shape index (κ2) is 8.52. The third-order valence-corrected chi connectivity index (χ3v) is 5.68. The van der Waals surface area contributed by atoms with Crippen LogP contribution in [0.1, 0.15) is 33.4 Å². The largest absolute Gasteiger partial charge is 0.497 e. The van der Waals surface area contributed by atoms with Crippen LogP contribution in [0, 0.1) is 0 Å². The number of nitrogens with one attached hydrogen (secondary N) is 1. The molecule has 3 aromatic carbocycles. The van der Waals surface area contributed by atoms with Crippen molar-refractivity contribution in [3.05, 3.63) is 89.5 Å². The summed E-state index contributed by atoms with van der Waals surface area (Å²) in [5.41, 5.74) is 2.79. The number of nitrogens with zero attached hydrogens (tertiary/aromatic N) is 1. The summed E-state index contributed by atoms with van der Waals surface area (Å²) >= 11 is 0. The molecule has 0 bridgehead atoms. The molecular weight excluding hydrogens is 392 g/mol. The van der Waals surface area contributed by atoms with Crippen LogP contribution in [0.15, 0.2) is 72.8 Å². The maximum Gasteiger partial charge on any atom is 0.254 e. The lowest BCUT2D eigenvalue weighted by Gasteiger charge is -2.39. The Labute approximate surface area is 181 Å². The second-order valence-electron chi connectivity index (χ2n) is 7.42. The lowest BCUT2D eigenvalue weighted by atomic mass is 9.79. The number of benzene rings is 3. The molecule has 0 unspecified atom stereocenters. The van der Waals surface area contributed by atoms with Gasteiger partial charge in [-0.05, 0) is 53.6 Å². The molecule has 0 saturated heterocycles.